The van der Waals surface area contributed by atoms with Gasteiger partial charge < -0.3 is 10.4 Å². The Hall–Kier alpha value is -1.73. The molecule has 1 amide bonds. The SMILES string of the molecule is Cn1cc(-c2ncc(C(=O)NC(C)(CO)C3CC3)s2)cn1. The molecule has 7 heteroatoms. The minimum Gasteiger partial charge on any atom is -0.394 e. The first kappa shape index (κ1) is 14.2. The maximum absolute atomic E-state index is 12.3. The van der Waals surface area contributed by atoms with E-state index < -0.39 is 5.54 Å². The predicted molar refractivity (Wildman–Crippen MR) is 80.0 cm³/mol. The summed E-state index contributed by atoms with van der Waals surface area (Å²) in [6.45, 7) is 1.85. The van der Waals surface area contributed by atoms with Crippen molar-refractivity contribution in [3.63, 3.8) is 0 Å². The normalized spacial score (nSPS) is 17.5. The van der Waals surface area contributed by atoms with Gasteiger partial charge in [-0.25, -0.2) is 4.98 Å². The first-order chi connectivity index (χ1) is 10.0. The molecule has 0 aromatic carbocycles. The molecule has 0 aliphatic heterocycles. The fraction of sp³-hybridized carbons (Fsp3) is 0.500. The summed E-state index contributed by atoms with van der Waals surface area (Å²) >= 11 is 1.33. The summed E-state index contributed by atoms with van der Waals surface area (Å²) in [4.78, 5) is 17.2. The summed E-state index contributed by atoms with van der Waals surface area (Å²) in [6.07, 6.45) is 7.28. The number of aliphatic hydroxyl groups excluding tert-OH is 1. The second kappa shape index (κ2) is 5.23. The van der Waals surface area contributed by atoms with E-state index in [1.807, 2.05) is 20.2 Å². The van der Waals surface area contributed by atoms with Crippen molar-refractivity contribution >= 4 is 17.2 Å². The smallest absolute Gasteiger partial charge is 0.263 e. The number of thiazole rings is 1. The lowest BCUT2D eigenvalue weighted by Gasteiger charge is -2.28. The van der Waals surface area contributed by atoms with Crippen LogP contribution >= 0.6 is 11.3 Å². The minimum atomic E-state index is -0.532. The summed E-state index contributed by atoms with van der Waals surface area (Å²) in [5, 5.41) is 17.4. The van der Waals surface area contributed by atoms with Crippen molar-refractivity contribution in [1.82, 2.24) is 20.1 Å². The predicted octanol–water partition coefficient (Wildman–Crippen LogP) is 1.43. The van der Waals surface area contributed by atoms with Crippen LogP contribution in [0.3, 0.4) is 0 Å². The molecule has 21 heavy (non-hydrogen) atoms. The Balaban J connectivity index is 1.75. The van der Waals surface area contributed by atoms with Crippen LogP contribution in [0.2, 0.25) is 0 Å². The molecular weight excluding hydrogens is 288 g/mol. The number of amides is 1. The van der Waals surface area contributed by atoms with Crippen LogP contribution in [-0.2, 0) is 7.05 Å². The number of hydrogen-bond acceptors (Lipinski definition) is 5. The molecule has 3 rings (SSSR count). The van der Waals surface area contributed by atoms with E-state index in [0.29, 0.717) is 10.8 Å². The van der Waals surface area contributed by atoms with Crippen molar-refractivity contribution in [1.29, 1.82) is 0 Å². The quantitative estimate of drug-likeness (QED) is 0.876. The highest BCUT2D eigenvalue weighted by molar-refractivity contribution is 7.16. The van der Waals surface area contributed by atoms with E-state index in [2.05, 4.69) is 15.4 Å². The molecule has 0 saturated heterocycles. The van der Waals surface area contributed by atoms with Gasteiger partial charge in [0.25, 0.3) is 5.91 Å². The van der Waals surface area contributed by atoms with Gasteiger partial charge in [-0.05, 0) is 25.7 Å². The van der Waals surface area contributed by atoms with Crippen LogP contribution in [-0.4, -0.2) is 37.9 Å². The summed E-state index contributed by atoms with van der Waals surface area (Å²) in [5.41, 5.74) is 0.365. The van der Waals surface area contributed by atoms with Gasteiger partial charge in [-0.3, -0.25) is 9.48 Å². The molecule has 2 heterocycles. The first-order valence-corrected chi connectivity index (χ1v) is 7.72. The van der Waals surface area contributed by atoms with Crippen molar-refractivity contribution in [3.05, 3.63) is 23.5 Å². The Labute approximate surface area is 126 Å². The van der Waals surface area contributed by atoms with E-state index in [-0.39, 0.29) is 12.5 Å². The van der Waals surface area contributed by atoms with Crippen LogP contribution < -0.4 is 5.32 Å². The lowest BCUT2D eigenvalue weighted by atomic mass is 9.97. The number of aryl methyl sites for hydroxylation is 1. The topological polar surface area (TPSA) is 80.0 Å². The van der Waals surface area contributed by atoms with Crippen LogP contribution in [0, 0.1) is 5.92 Å². The molecular formula is C14H18N4O2S. The Bertz CT molecular complexity index is 661. The summed E-state index contributed by atoms with van der Waals surface area (Å²) < 4.78 is 1.70. The Morgan fingerprint density at radius 1 is 1.57 bits per heavy atom. The van der Waals surface area contributed by atoms with Gasteiger partial charge in [-0.1, -0.05) is 0 Å². The summed E-state index contributed by atoms with van der Waals surface area (Å²) in [7, 11) is 1.84. The molecule has 0 radical (unpaired) electrons. The van der Waals surface area contributed by atoms with Crippen molar-refractivity contribution < 1.29 is 9.90 Å². The largest absolute Gasteiger partial charge is 0.394 e. The van der Waals surface area contributed by atoms with E-state index >= 15 is 0 Å². The van der Waals surface area contributed by atoms with Gasteiger partial charge in [0.15, 0.2) is 0 Å². The lowest BCUT2D eigenvalue weighted by molar-refractivity contribution is 0.0828. The average molecular weight is 306 g/mol. The standard InChI is InChI=1S/C14H18N4O2S/c1-14(8-19,10-3-4-10)17-12(20)11-6-15-13(21-11)9-5-16-18(2)7-9/h5-7,10,19H,3-4,8H2,1-2H3,(H,17,20). The minimum absolute atomic E-state index is 0.0440. The number of aromatic nitrogens is 3. The van der Waals surface area contributed by atoms with Crippen molar-refractivity contribution in [2.75, 3.05) is 6.61 Å². The molecule has 1 unspecified atom stereocenters. The van der Waals surface area contributed by atoms with Gasteiger partial charge in [-0.2, -0.15) is 5.10 Å². The number of aliphatic hydroxyl groups is 1. The maximum Gasteiger partial charge on any atom is 0.263 e. The van der Waals surface area contributed by atoms with Crippen LogP contribution in [0.5, 0.6) is 0 Å². The number of nitrogens with zero attached hydrogens (tertiary/aromatic N) is 3. The molecule has 112 valence electrons. The molecule has 1 aliphatic carbocycles. The molecule has 2 aromatic rings. The van der Waals surface area contributed by atoms with E-state index in [1.54, 1.807) is 17.1 Å². The van der Waals surface area contributed by atoms with E-state index in [4.69, 9.17) is 0 Å². The number of nitrogens with one attached hydrogen (secondary N) is 1. The maximum atomic E-state index is 12.3. The fourth-order valence-electron chi connectivity index (χ4n) is 2.36. The highest BCUT2D eigenvalue weighted by atomic mass is 32.1. The van der Waals surface area contributed by atoms with Crippen LogP contribution in [0.15, 0.2) is 18.6 Å². The summed E-state index contributed by atoms with van der Waals surface area (Å²) in [6, 6.07) is 0. The van der Waals surface area contributed by atoms with Crippen LogP contribution in [0.4, 0.5) is 0 Å². The first-order valence-electron chi connectivity index (χ1n) is 6.90. The van der Waals surface area contributed by atoms with Crippen LogP contribution in [0.25, 0.3) is 10.6 Å². The number of carbonyl (C=O) groups excluding carboxylic acids is 1. The second-order valence-corrected chi connectivity index (χ2v) is 6.77. The third-order valence-corrected chi connectivity index (χ3v) is 4.93. The second-order valence-electron chi connectivity index (χ2n) is 5.74. The molecule has 0 spiro atoms. The van der Waals surface area contributed by atoms with Gasteiger partial charge in [0.05, 0.1) is 24.5 Å². The molecule has 2 aromatic heterocycles. The molecule has 1 aliphatic rings. The zero-order valence-electron chi connectivity index (χ0n) is 12.0. The van der Waals surface area contributed by atoms with Crippen LogP contribution in [0.1, 0.15) is 29.4 Å². The average Bonchev–Trinajstić information content (AvgIpc) is 3.05. The fourth-order valence-corrected chi connectivity index (χ4v) is 3.14. The van der Waals surface area contributed by atoms with E-state index in [0.717, 1.165) is 23.4 Å². The molecule has 6 nitrogen and oxygen atoms in total. The number of carbonyl (C=O) groups is 1. The number of hydrogen-bond donors (Lipinski definition) is 2. The molecule has 1 fully saturated rings. The Morgan fingerprint density at radius 3 is 2.90 bits per heavy atom. The zero-order chi connectivity index (χ0) is 15.0. The Morgan fingerprint density at radius 2 is 2.33 bits per heavy atom. The molecule has 1 atom stereocenters. The molecule has 1 saturated carbocycles. The third kappa shape index (κ3) is 2.84. The van der Waals surface area contributed by atoms with Gasteiger partial charge in [0, 0.05) is 18.8 Å². The van der Waals surface area contributed by atoms with Gasteiger partial charge in [0.1, 0.15) is 9.88 Å². The summed E-state index contributed by atoms with van der Waals surface area (Å²) in [5.74, 6) is 0.197. The van der Waals surface area contributed by atoms with Gasteiger partial charge >= 0.3 is 0 Å². The zero-order valence-corrected chi connectivity index (χ0v) is 12.9. The van der Waals surface area contributed by atoms with Crippen molar-refractivity contribution in [2.24, 2.45) is 13.0 Å². The van der Waals surface area contributed by atoms with E-state index in [9.17, 15) is 9.90 Å². The lowest BCUT2D eigenvalue weighted by Crippen LogP contribution is -2.50. The highest BCUT2D eigenvalue weighted by Crippen LogP contribution is 2.39. The van der Waals surface area contributed by atoms with Crippen molar-refractivity contribution in [3.8, 4) is 10.6 Å². The monoisotopic (exact) mass is 306 g/mol. The van der Waals surface area contributed by atoms with Crippen molar-refractivity contribution in [2.45, 2.75) is 25.3 Å². The molecule has 2 N–H and O–H groups in total. The number of rotatable bonds is 5. The van der Waals surface area contributed by atoms with E-state index in [1.165, 1.54) is 11.3 Å². The molecule has 0 bridgehead atoms. The third-order valence-electron chi connectivity index (χ3n) is 3.89. The van der Waals surface area contributed by atoms with Gasteiger partial charge in [-0.15, -0.1) is 11.3 Å². The Kier molecular flexibility index (Phi) is 3.54. The highest BCUT2D eigenvalue weighted by Gasteiger charge is 2.42. The van der Waals surface area contributed by atoms with Gasteiger partial charge in [0.2, 0.25) is 0 Å².